The lowest BCUT2D eigenvalue weighted by Gasteiger charge is -2.23. The maximum atomic E-state index is 11.8. The van der Waals surface area contributed by atoms with E-state index in [2.05, 4.69) is 55.5 Å². The van der Waals surface area contributed by atoms with Crippen molar-refractivity contribution >= 4 is 28.6 Å². The van der Waals surface area contributed by atoms with Crippen LogP contribution in [0.1, 0.15) is 47.1 Å². The Bertz CT molecular complexity index is 573. The minimum atomic E-state index is -0.447. The molecule has 0 spiro atoms. The lowest BCUT2D eigenvalue weighted by Crippen LogP contribution is -2.34. The molecule has 0 aromatic heterocycles. The molecule has 0 radical (unpaired) electrons. The van der Waals surface area contributed by atoms with E-state index in [-0.39, 0.29) is 17.9 Å². The Kier molecular flexibility index (Phi) is 8.19. The van der Waals surface area contributed by atoms with Crippen LogP contribution in [0.25, 0.3) is 0 Å². The molecular weight excluding hydrogens is 429 g/mol. The van der Waals surface area contributed by atoms with Crippen molar-refractivity contribution in [3.05, 3.63) is 27.3 Å². The molecule has 25 heavy (non-hydrogen) atoms. The van der Waals surface area contributed by atoms with Gasteiger partial charge in [0, 0.05) is 10.1 Å². The number of esters is 1. The minimum Gasteiger partial charge on any atom is -0.492 e. The molecule has 0 aliphatic rings. The SMILES string of the molecule is CN(CCOc1ccc(I)cc1CC(C)(C)C)CC(=O)OC(C)(C)C. The molecule has 0 saturated carbocycles. The van der Waals surface area contributed by atoms with Crippen LogP contribution in [0, 0.1) is 8.99 Å². The lowest BCUT2D eigenvalue weighted by atomic mass is 9.88. The summed E-state index contributed by atoms with van der Waals surface area (Å²) < 4.78 is 12.5. The topological polar surface area (TPSA) is 38.8 Å². The number of hydrogen-bond acceptors (Lipinski definition) is 4. The molecule has 0 bridgehead atoms. The van der Waals surface area contributed by atoms with Gasteiger partial charge in [-0.1, -0.05) is 20.8 Å². The smallest absolute Gasteiger partial charge is 0.320 e. The maximum Gasteiger partial charge on any atom is 0.320 e. The predicted molar refractivity (Wildman–Crippen MR) is 111 cm³/mol. The third-order valence-electron chi connectivity index (χ3n) is 3.29. The summed E-state index contributed by atoms with van der Waals surface area (Å²) in [5.74, 6) is 0.721. The molecule has 1 aromatic carbocycles. The van der Waals surface area contributed by atoms with Gasteiger partial charge in [0.15, 0.2) is 0 Å². The first-order valence-electron chi connectivity index (χ1n) is 8.67. The molecule has 0 fully saturated rings. The number of hydrogen-bond donors (Lipinski definition) is 0. The van der Waals surface area contributed by atoms with E-state index in [9.17, 15) is 4.79 Å². The van der Waals surface area contributed by atoms with Crippen molar-refractivity contribution in [2.45, 2.75) is 53.6 Å². The Morgan fingerprint density at radius 1 is 1.16 bits per heavy atom. The summed E-state index contributed by atoms with van der Waals surface area (Å²) >= 11 is 2.33. The van der Waals surface area contributed by atoms with E-state index in [1.165, 1.54) is 9.13 Å². The summed E-state index contributed by atoms with van der Waals surface area (Å²) in [5.41, 5.74) is 0.988. The predicted octanol–water partition coefficient (Wildman–Crippen LogP) is 4.53. The molecule has 0 heterocycles. The molecule has 142 valence electrons. The zero-order valence-corrected chi connectivity index (χ0v) is 18.8. The van der Waals surface area contributed by atoms with Crippen molar-refractivity contribution in [3.8, 4) is 5.75 Å². The average Bonchev–Trinajstić information content (AvgIpc) is 2.36. The summed E-state index contributed by atoms with van der Waals surface area (Å²) in [6.45, 7) is 13.8. The molecule has 0 aliphatic carbocycles. The van der Waals surface area contributed by atoms with Gasteiger partial charge in [0.25, 0.3) is 0 Å². The molecule has 0 unspecified atom stereocenters. The van der Waals surface area contributed by atoms with Gasteiger partial charge >= 0.3 is 5.97 Å². The first-order chi connectivity index (χ1) is 11.4. The molecule has 1 aromatic rings. The molecule has 5 heteroatoms. The molecule has 0 saturated heterocycles. The Morgan fingerprint density at radius 2 is 1.80 bits per heavy atom. The first-order valence-corrected chi connectivity index (χ1v) is 9.75. The zero-order valence-electron chi connectivity index (χ0n) is 16.6. The summed E-state index contributed by atoms with van der Waals surface area (Å²) in [4.78, 5) is 13.8. The fraction of sp³-hybridized carbons (Fsp3) is 0.650. The van der Waals surface area contributed by atoms with Gasteiger partial charge in [-0.25, -0.2) is 0 Å². The van der Waals surface area contributed by atoms with Crippen LogP contribution in [-0.2, 0) is 16.0 Å². The minimum absolute atomic E-state index is 0.204. The number of likely N-dealkylation sites (N-methyl/N-ethyl adjacent to an activating group) is 1. The second-order valence-corrected chi connectivity index (χ2v) is 9.91. The Hall–Kier alpha value is -0.820. The van der Waals surface area contributed by atoms with Crippen molar-refractivity contribution in [1.29, 1.82) is 0 Å². The van der Waals surface area contributed by atoms with Gasteiger partial charge in [0.1, 0.15) is 18.0 Å². The largest absolute Gasteiger partial charge is 0.492 e. The van der Waals surface area contributed by atoms with Crippen molar-refractivity contribution < 1.29 is 14.3 Å². The van der Waals surface area contributed by atoms with Gasteiger partial charge in [-0.05, 0) is 86.0 Å². The Morgan fingerprint density at radius 3 is 2.36 bits per heavy atom. The van der Waals surface area contributed by atoms with Crippen molar-refractivity contribution in [3.63, 3.8) is 0 Å². The highest BCUT2D eigenvalue weighted by Gasteiger charge is 2.18. The van der Waals surface area contributed by atoms with Crippen LogP contribution >= 0.6 is 22.6 Å². The highest BCUT2D eigenvalue weighted by Crippen LogP contribution is 2.29. The van der Waals surface area contributed by atoms with Crippen LogP contribution in [0.4, 0.5) is 0 Å². The Balaban J connectivity index is 2.54. The monoisotopic (exact) mass is 461 g/mol. The molecular formula is C20H32INO3. The van der Waals surface area contributed by atoms with E-state index >= 15 is 0 Å². The molecule has 0 aliphatic heterocycles. The van der Waals surface area contributed by atoms with Gasteiger partial charge in [0.2, 0.25) is 0 Å². The number of carbonyl (C=O) groups excluding carboxylic acids is 1. The molecule has 4 nitrogen and oxygen atoms in total. The van der Waals surface area contributed by atoms with Gasteiger partial charge in [-0.2, -0.15) is 0 Å². The first kappa shape index (κ1) is 22.2. The second kappa shape index (κ2) is 9.21. The number of ether oxygens (including phenoxy) is 2. The maximum absolute atomic E-state index is 11.8. The van der Waals surface area contributed by atoms with Gasteiger partial charge in [-0.15, -0.1) is 0 Å². The highest BCUT2D eigenvalue weighted by molar-refractivity contribution is 14.1. The fourth-order valence-electron chi connectivity index (χ4n) is 2.38. The van der Waals surface area contributed by atoms with E-state index in [4.69, 9.17) is 9.47 Å². The normalized spacial score (nSPS) is 12.4. The standard InChI is InChI=1S/C20H32INO3/c1-19(2,3)13-15-12-16(21)8-9-17(15)24-11-10-22(7)14-18(23)25-20(4,5)6/h8-9,12H,10-11,13-14H2,1-7H3. The third-order valence-corrected chi connectivity index (χ3v) is 3.96. The van der Waals surface area contributed by atoms with Crippen molar-refractivity contribution in [1.82, 2.24) is 4.90 Å². The van der Waals surface area contributed by atoms with Crippen LogP contribution in [0.2, 0.25) is 0 Å². The number of carbonyl (C=O) groups is 1. The van der Waals surface area contributed by atoms with E-state index in [0.717, 1.165) is 12.2 Å². The molecule has 1 rings (SSSR count). The second-order valence-electron chi connectivity index (χ2n) is 8.66. The number of rotatable bonds is 7. The van der Waals surface area contributed by atoms with Crippen molar-refractivity contribution in [2.75, 3.05) is 26.7 Å². The van der Waals surface area contributed by atoms with E-state index < -0.39 is 5.60 Å². The molecule has 0 atom stereocenters. The summed E-state index contributed by atoms with van der Waals surface area (Å²) in [6, 6.07) is 6.29. The average molecular weight is 461 g/mol. The van der Waals surface area contributed by atoms with Crippen molar-refractivity contribution in [2.24, 2.45) is 5.41 Å². The van der Waals surface area contributed by atoms with Crippen LogP contribution in [0.5, 0.6) is 5.75 Å². The van der Waals surface area contributed by atoms with Gasteiger partial charge < -0.3 is 9.47 Å². The van der Waals surface area contributed by atoms with E-state index in [0.29, 0.717) is 13.2 Å². The van der Waals surface area contributed by atoms with Crippen LogP contribution in [-0.4, -0.2) is 43.2 Å². The summed E-state index contributed by atoms with van der Waals surface area (Å²) in [6.07, 6.45) is 0.965. The quantitative estimate of drug-likeness (QED) is 0.442. The number of benzene rings is 1. The van der Waals surface area contributed by atoms with E-state index in [1.807, 2.05) is 38.8 Å². The number of halogens is 1. The van der Waals surface area contributed by atoms with Crippen LogP contribution in [0.3, 0.4) is 0 Å². The summed E-state index contributed by atoms with van der Waals surface area (Å²) in [5, 5.41) is 0. The summed E-state index contributed by atoms with van der Waals surface area (Å²) in [7, 11) is 1.90. The third kappa shape index (κ3) is 10.0. The molecule has 0 amide bonds. The molecule has 0 N–H and O–H groups in total. The van der Waals surface area contributed by atoms with Crippen LogP contribution < -0.4 is 4.74 Å². The lowest BCUT2D eigenvalue weighted by molar-refractivity contribution is -0.155. The van der Waals surface area contributed by atoms with Crippen LogP contribution in [0.15, 0.2) is 18.2 Å². The van der Waals surface area contributed by atoms with E-state index in [1.54, 1.807) is 0 Å². The van der Waals surface area contributed by atoms with Gasteiger partial charge in [-0.3, -0.25) is 9.69 Å². The van der Waals surface area contributed by atoms with Gasteiger partial charge in [0.05, 0.1) is 6.54 Å². The highest BCUT2D eigenvalue weighted by atomic mass is 127. The fourth-order valence-corrected chi connectivity index (χ4v) is 2.94. The Labute approximate surface area is 166 Å². The number of nitrogens with zero attached hydrogens (tertiary/aromatic N) is 1. The zero-order chi connectivity index (χ0) is 19.3.